The summed E-state index contributed by atoms with van der Waals surface area (Å²) < 4.78 is 4.58. The number of rotatable bonds is 8. The highest BCUT2D eigenvalue weighted by atomic mass is 28.2. The summed E-state index contributed by atoms with van der Waals surface area (Å²) in [5, 5.41) is 0. The average Bonchev–Trinajstić information content (AvgIpc) is 2.22. The Labute approximate surface area is 97.3 Å². The molecule has 0 N–H and O–H groups in total. The third kappa shape index (κ3) is 6.71. The molecule has 3 heteroatoms. The second-order valence-corrected chi connectivity index (χ2v) is 5.00. The minimum Gasteiger partial charge on any atom is -0.516 e. The number of hydrogen-bond acceptors (Lipinski definition) is 2. The molecule has 0 bridgehead atoms. The quantitative estimate of drug-likeness (QED) is 0.469. The molecule has 0 rings (SSSR count). The third-order valence-corrected chi connectivity index (χ3v) is 2.99. The SMILES string of the molecule is CCCCCCCCC(C)(C)C(=O)O[Si]. The summed E-state index contributed by atoms with van der Waals surface area (Å²) in [6.45, 7) is 6.08. The first-order valence-electron chi connectivity index (χ1n) is 5.92. The molecule has 0 fully saturated rings. The van der Waals surface area contributed by atoms with E-state index in [1.165, 1.54) is 32.1 Å². The van der Waals surface area contributed by atoms with E-state index in [0.717, 1.165) is 12.8 Å². The molecule has 3 radical (unpaired) electrons. The number of unbranched alkanes of at least 4 members (excludes halogenated alkanes) is 5. The fourth-order valence-corrected chi connectivity index (χ4v) is 1.86. The summed E-state index contributed by atoms with van der Waals surface area (Å²) in [5.41, 5.74) is -0.355. The largest absolute Gasteiger partial charge is 0.516 e. The molecule has 0 aromatic carbocycles. The van der Waals surface area contributed by atoms with Gasteiger partial charge in [-0.2, -0.15) is 0 Å². The molecule has 0 saturated heterocycles. The maximum absolute atomic E-state index is 11.3. The van der Waals surface area contributed by atoms with E-state index < -0.39 is 0 Å². The van der Waals surface area contributed by atoms with Gasteiger partial charge in [0.2, 0.25) is 0 Å². The third-order valence-electron chi connectivity index (χ3n) is 2.80. The molecule has 0 aliphatic heterocycles. The lowest BCUT2D eigenvalue weighted by atomic mass is 9.87. The van der Waals surface area contributed by atoms with E-state index in [2.05, 4.69) is 21.8 Å². The highest BCUT2D eigenvalue weighted by Gasteiger charge is 2.27. The van der Waals surface area contributed by atoms with Crippen molar-refractivity contribution < 1.29 is 9.22 Å². The first kappa shape index (κ1) is 14.7. The van der Waals surface area contributed by atoms with Gasteiger partial charge in [-0.3, -0.25) is 4.79 Å². The zero-order valence-electron chi connectivity index (χ0n) is 10.3. The van der Waals surface area contributed by atoms with Crippen molar-refractivity contribution in [1.29, 1.82) is 0 Å². The van der Waals surface area contributed by atoms with Gasteiger partial charge in [0.15, 0.2) is 0 Å². The number of carbonyl (C=O) groups excluding carboxylic acids is 1. The van der Waals surface area contributed by atoms with Crippen LogP contribution in [-0.2, 0) is 9.22 Å². The normalized spacial score (nSPS) is 11.5. The van der Waals surface area contributed by atoms with Gasteiger partial charge in [-0.15, -0.1) is 0 Å². The Morgan fingerprint density at radius 2 is 1.67 bits per heavy atom. The number of hydrogen-bond donors (Lipinski definition) is 0. The standard InChI is InChI=1S/C12H23O2Si/c1-4-5-6-7-8-9-10-12(2,3)11(13)14-15/h4-10H2,1-3H3. The summed E-state index contributed by atoms with van der Waals surface area (Å²) >= 11 is 0. The van der Waals surface area contributed by atoms with Crippen molar-refractivity contribution >= 4 is 16.5 Å². The summed E-state index contributed by atoms with van der Waals surface area (Å²) in [7, 11) is 2.79. The Balaban J connectivity index is 3.53. The Bertz CT molecular complexity index is 178. The van der Waals surface area contributed by atoms with E-state index in [1.54, 1.807) is 0 Å². The van der Waals surface area contributed by atoms with Crippen molar-refractivity contribution in [3.63, 3.8) is 0 Å². The lowest BCUT2D eigenvalue weighted by Gasteiger charge is -2.21. The second-order valence-electron chi connectivity index (χ2n) is 4.79. The van der Waals surface area contributed by atoms with Gasteiger partial charge in [-0.1, -0.05) is 45.4 Å². The molecule has 0 saturated carbocycles. The molecular formula is C12H23O2Si. The van der Waals surface area contributed by atoms with Crippen LogP contribution in [0.1, 0.15) is 65.7 Å². The topological polar surface area (TPSA) is 26.3 Å². The Hall–Kier alpha value is -0.313. The Morgan fingerprint density at radius 3 is 2.20 bits per heavy atom. The Morgan fingerprint density at radius 1 is 1.13 bits per heavy atom. The van der Waals surface area contributed by atoms with Gasteiger partial charge in [-0.25, -0.2) is 0 Å². The molecule has 0 spiro atoms. The van der Waals surface area contributed by atoms with Crippen LogP contribution in [0.5, 0.6) is 0 Å². The van der Waals surface area contributed by atoms with Crippen LogP contribution in [0.2, 0.25) is 0 Å². The lowest BCUT2D eigenvalue weighted by molar-refractivity contribution is -0.144. The highest BCUT2D eigenvalue weighted by molar-refractivity contribution is 6.06. The van der Waals surface area contributed by atoms with Crippen LogP contribution in [0.15, 0.2) is 0 Å². The molecule has 0 aliphatic carbocycles. The van der Waals surface area contributed by atoms with Crippen molar-refractivity contribution in [1.82, 2.24) is 0 Å². The molecule has 0 aromatic heterocycles. The van der Waals surface area contributed by atoms with E-state index in [4.69, 9.17) is 0 Å². The van der Waals surface area contributed by atoms with Crippen LogP contribution in [0.4, 0.5) is 0 Å². The minimum atomic E-state index is -0.355. The van der Waals surface area contributed by atoms with E-state index in [0.29, 0.717) is 0 Å². The van der Waals surface area contributed by atoms with Crippen LogP contribution in [0.25, 0.3) is 0 Å². The molecule has 0 atom stereocenters. The van der Waals surface area contributed by atoms with Gasteiger partial charge in [0.25, 0.3) is 5.97 Å². The predicted octanol–water partition coefficient (Wildman–Crippen LogP) is 3.39. The molecule has 0 aliphatic rings. The maximum atomic E-state index is 11.3. The van der Waals surface area contributed by atoms with Gasteiger partial charge in [-0.05, 0) is 20.3 Å². The maximum Gasteiger partial charge on any atom is 0.345 e. The van der Waals surface area contributed by atoms with Crippen LogP contribution >= 0.6 is 0 Å². The van der Waals surface area contributed by atoms with Crippen molar-refractivity contribution in [2.75, 3.05) is 0 Å². The van der Waals surface area contributed by atoms with Crippen molar-refractivity contribution in [2.45, 2.75) is 65.7 Å². The second kappa shape index (κ2) is 7.91. The van der Waals surface area contributed by atoms with Crippen LogP contribution in [0, 0.1) is 5.41 Å². The van der Waals surface area contributed by atoms with Gasteiger partial charge < -0.3 is 4.43 Å². The predicted molar refractivity (Wildman–Crippen MR) is 63.6 cm³/mol. The fraction of sp³-hybridized carbons (Fsp3) is 0.917. The zero-order chi connectivity index (χ0) is 11.7. The highest BCUT2D eigenvalue weighted by Crippen LogP contribution is 2.25. The van der Waals surface area contributed by atoms with Gasteiger partial charge in [0.05, 0.1) is 5.41 Å². The van der Waals surface area contributed by atoms with Crippen molar-refractivity contribution in [2.24, 2.45) is 5.41 Å². The number of carbonyl (C=O) groups is 1. The van der Waals surface area contributed by atoms with Crippen molar-refractivity contribution in [3.8, 4) is 0 Å². The molecule has 0 aromatic rings. The first-order chi connectivity index (χ1) is 7.04. The molecule has 15 heavy (non-hydrogen) atoms. The molecule has 2 nitrogen and oxygen atoms in total. The monoisotopic (exact) mass is 227 g/mol. The molecular weight excluding hydrogens is 204 g/mol. The van der Waals surface area contributed by atoms with Crippen LogP contribution in [0.3, 0.4) is 0 Å². The minimum absolute atomic E-state index is 0.173. The summed E-state index contributed by atoms with van der Waals surface area (Å²) in [5.74, 6) is -0.173. The molecule has 0 heterocycles. The van der Waals surface area contributed by atoms with E-state index in [9.17, 15) is 4.79 Å². The average molecular weight is 227 g/mol. The first-order valence-corrected chi connectivity index (χ1v) is 6.33. The summed E-state index contributed by atoms with van der Waals surface area (Å²) in [4.78, 5) is 11.3. The zero-order valence-corrected chi connectivity index (χ0v) is 11.3. The van der Waals surface area contributed by atoms with Gasteiger partial charge >= 0.3 is 10.5 Å². The van der Waals surface area contributed by atoms with E-state index in [1.807, 2.05) is 13.8 Å². The van der Waals surface area contributed by atoms with E-state index in [-0.39, 0.29) is 11.4 Å². The van der Waals surface area contributed by atoms with E-state index >= 15 is 0 Å². The summed E-state index contributed by atoms with van der Waals surface area (Å²) in [6.07, 6.45) is 8.44. The Kier molecular flexibility index (Phi) is 7.75. The summed E-state index contributed by atoms with van der Waals surface area (Å²) in [6, 6.07) is 0. The fourth-order valence-electron chi connectivity index (χ4n) is 1.59. The van der Waals surface area contributed by atoms with Gasteiger partial charge in [0.1, 0.15) is 0 Å². The smallest absolute Gasteiger partial charge is 0.345 e. The lowest BCUT2D eigenvalue weighted by Crippen LogP contribution is -2.25. The van der Waals surface area contributed by atoms with Crippen LogP contribution in [-0.4, -0.2) is 16.5 Å². The van der Waals surface area contributed by atoms with Gasteiger partial charge in [0, 0.05) is 0 Å². The van der Waals surface area contributed by atoms with Crippen molar-refractivity contribution in [3.05, 3.63) is 0 Å². The molecule has 0 amide bonds. The molecule has 87 valence electrons. The van der Waals surface area contributed by atoms with Crippen LogP contribution < -0.4 is 0 Å². The molecule has 0 unspecified atom stereocenters.